The third kappa shape index (κ3) is 5.26. The van der Waals surface area contributed by atoms with Crippen LogP contribution in [0.15, 0.2) is 30.3 Å². The number of benzene rings is 1. The molecule has 0 radical (unpaired) electrons. The van der Waals surface area contributed by atoms with Crippen LogP contribution in [0, 0.1) is 5.92 Å². The molecule has 1 unspecified atom stereocenters. The highest BCUT2D eigenvalue weighted by Crippen LogP contribution is 2.25. The third-order valence-corrected chi connectivity index (χ3v) is 5.09. The minimum Gasteiger partial charge on any atom is -0.492 e. The highest BCUT2D eigenvalue weighted by atomic mass is 35.5. The van der Waals surface area contributed by atoms with E-state index in [1.165, 1.54) is 0 Å². The lowest BCUT2D eigenvalue weighted by Gasteiger charge is -2.32. The molecule has 152 valence electrons. The number of aromatic nitrogens is 2. The number of halogens is 1. The lowest BCUT2D eigenvalue weighted by molar-refractivity contribution is -0.139. The van der Waals surface area contributed by atoms with Crippen molar-refractivity contribution >= 4 is 17.5 Å². The van der Waals surface area contributed by atoms with E-state index in [-0.39, 0.29) is 12.0 Å². The predicted molar refractivity (Wildman–Crippen MR) is 109 cm³/mol. The Hall–Kier alpha value is -2.05. The molecule has 1 aromatic heterocycles. The van der Waals surface area contributed by atoms with Gasteiger partial charge in [0.1, 0.15) is 11.9 Å². The molecule has 1 fully saturated rings. The van der Waals surface area contributed by atoms with E-state index in [0.717, 1.165) is 11.4 Å². The number of hydrogen-bond donors (Lipinski definition) is 0. The van der Waals surface area contributed by atoms with Gasteiger partial charge in [-0.25, -0.2) is 0 Å². The molecule has 1 aliphatic rings. The summed E-state index contributed by atoms with van der Waals surface area (Å²) < 4.78 is 13.5. The highest BCUT2D eigenvalue weighted by Gasteiger charge is 2.27. The van der Waals surface area contributed by atoms with E-state index in [1.54, 1.807) is 0 Å². The molecule has 1 aliphatic heterocycles. The molecule has 0 N–H and O–H groups in total. The van der Waals surface area contributed by atoms with E-state index in [9.17, 15) is 4.79 Å². The van der Waals surface area contributed by atoms with Gasteiger partial charge < -0.3 is 14.4 Å². The fraction of sp³-hybridized carbons (Fsp3) is 0.524. The van der Waals surface area contributed by atoms with Crippen molar-refractivity contribution in [1.82, 2.24) is 14.7 Å². The number of morpholine rings is 1. The van der Waals surface area contributed by atoms with Crippen LogP contribution in [-0.4, -0.2) is 46.9 Å². The maximum absolute atomic E-state index is 12.4. The van der Waals surface area contributed by atoms with E-state index in [2.05, 4.69) is 18.9 Å². The molecule has 0 bridgehead atoms. The van der Waals surface area contributed by atoms with E-state index in [4.69, 9.17) is 21.1 Å². The molecule has 6 nitrogen and oxygen atoms in total. The Balaban J connectivity index is 1.58. The summed E-state index contributed by atoms with van der Waals surface area (Å²) in [5.74, 6) is 1.22. The van der Waals surface area contributed by atoms with Gasteiger partial charge in [0.2, 0.25) is 5.91 Å². The molecule has 7 heteroatoms. The van der Waals surface area contributed by atoms with Crippen molar-refractivity contribution in [1.29, 1.82) is 0 Å². The Morgan fingerprint density at radius 3 is 2.93 bits per heavy atom. The van der Waals surface area contributed by atoms with Gasteiger partial charge in [0.15, 0.2) is 0 Å². The zero-order valence-corrected chi connectivity index (χ0v) is 17.5. The SMILES string of the molecule is CC(C)CC(=O)N1CCOC(c2cc(CCOc3ccccc3Cl)n(C)n2)C1. The van der Waals surface area contributed by atoms with Crippen LogP contribution in [0.25, 0.3) is 0 Å². The quantitative estimate of drug-likeness (QED) is 0.705. The van der Waals surface area contributed by atoms with E-state index >= 15 is 0 Å². The third-order valence-electron chi connectivity index (χ3n) is 4.78. The van der Waals surface area contributed by atoms with Gasteiger partial charge in [-0.05, 0) is 24.1 Å². The normalized spacial score (nSPS) is 17.2. The molecule has 0 spiro atoms. The summed E-state index contributed by atoms with van der Waals surface area (Å²) >= 11 is 6.12. The van der Waals surface area contributed by atoms with Crippen molar-refractivity contribution in [3.8, 4) is 5.75 Å². The summed E-state index contributed by atoms with van der Waals surface area (Å²) in [5, 5.41) is 5.21. The summed E-state index contributed by atoms with van der Waals surface area (Å²) in [6.45, 7) is 6.37. The van der Waals surface area contributed by atoms with Crippen molar-refractivity contribution in [3.05, 3.63) is 46.7 Å². The monoisotopic (exact) mass is 405 g/mol. The lowest BCUT2D eigenvalue weighted by Crippen LogP contribution is -2.42. The summed E-state index contributed by atoms with van der Waals surface area (Å²) in [6, 6.07) is 9.48. The minimum atomic E-state index is -0.186. The number of ether oxygens (including phenoxy) is 2. The topological polar surface area (TPSA) is 56.6 Å². The standard InChI is InChI=1S/C21H28ClN3O3/c1-15(2)12-21(26)25-9-11-28-20(14-25)18-13-16(24(3)23-18)8-10-27-19-7-5-4-6-17(19)22/h4-7,13,15,20H,8-12,14H2,1-3H3. The van der Waals surface area contributed by atoms with Gasteiger partial charge in [-0.15, -0.1) is 0 Å². The van der Waals surface area contributed by atoms with Gasteiger partial charge in [-0.2, -0.15) is 5.10 Å². The number of carbonyl (C=O) groups excluding carboxylic acids is 1. The first kappa shape index (κ1) is 20.7. The molecule has 1 atom stereocenters. The van der Waals surface area contributed by atoms with Crippen molar-refractivity contribution in [3.63, 3.8) is 0 Å². The maximum atomic E-state index is 12.4. The zero-order chi connectivity index (χ0) is 20.1. The summed E-state index contributed by atoms with van der Waals surface area (Å²) in [7, 11) is 1.92. The molecule has 1 saturated heterocycles. The fourth-order valence-electron chi connectivity index (χ4n) is 3.28. The van der Waals surface area contributed by atoms with Gasteiger partial charge in [-0.1, -0.05) is 37.6 Å². The van der Waals surface area contributed by atoms with Gasteiger partial charge in [0.25, 0.3) is 0 Å². The van der Waals surface area contributed by atoms with E-state index in [1.807, 2.05) is 47.0 Å². The second-order valence-corrected chi connectivity index (χ2v) is 7.92. The van der Waals surface area contributed by atoms with Crippen LogP contribution < -0.4 is 4.74 Å². The summed E-state index contributed by atoms with van der Waals surface area (Å²) in [5.41, 5.74) is 1.91. The predicted octanol–water partition coefficient (Wildman–Crippen LogP) is 3.64. The van der Waals surface area contributed by atoms with E-state index in [0.29, 0.717) is 55.8 Å². The van der Waals surface area contributed by atoms with Crippen LogP contribution in [0.1, 0.15) is 37.8 Å². The molecule has 0 aliphatic carbocycles. The molecular formula is C21H28ClN3O3. The van der Waals surface area contributed by atoms with Crippen molar-refractivity contribution in [2.24, 2.45) is 13.0 Å². The van der Waals surface area contributed by atoms with Crippen LogP contribution in [0.4, 0.5) is 0 Å². The van der Waals surface area contributed by atoms with Crippen molar-refractivity contribution in [2.75, 3.05) is 26.3 Å². The number of amides is 1. The molecule has 0 saturated carbocycles. The zero-order valence-electron chi connectivity index (χ0n) is 16.7. The molecule has 3 rings (SSSR count). The second-order valence-electron chi connectivity index (χ2n) is 7.51. The highest BCUT2D eigenvalue weighted by molar-refractivity contribution is 6.32. The van der Waals surface area contributed by atoms with Crippen LogP contribution in [0.5, 0.6) is 5.75 Å². The Kier molecular flexibility index (Phi) is 6.97. The Bertz CT molecular complexity index is 806. The van der Waals surface area contributed by atoms with Crippen LogP contribution >= 0.6 is 11.6 Å². The van der Waals surface area contributed by atoms with Gasteiger partial charge in [0, 0.05) is 32.1 Å². The first-order chi connectivity index (χ1) is 13.4. The average molecular weight is 406 g/mol. The fourth-order valence-corrected chi connectivity index (χ4v) is 3.47. The van der Waals surface area contributed by atoms with Crippen LogP contribution in [-0.2, 0) is 23.0 Å². The van der Waals surface area contributed by atoms with Crippen LogP contribution in [0.3, 0.4) is 0 Å². The van der Waals surface area contributed by atoms with Crippen molar-refractivity contribution in [2.45, 2.75) is 32.8 Å². The van der Waals surface area contributed by atoms with Gasteiger partial charge in [-0.3, -0.25) is 9.48 Å². The maximum Gasteiger partial charge on any atom is 0.223 e. The van der Waals surface area contributed by atoms with Gasteiger partial charge >= 0.3 is 0 Å². The lowest BCUT2D eigenvalue weighted by atomic mass is 10.1. The molecular weight excluding hydrogens is 378 g/mol. The second kappa shape index (κ2) is 9.43. The molecule has 28 heavy (non-hydrogen) atoms. The number of rotatable bonds is 7. The number of nitrogens with zero attached hydrogens (tertiary/aromatic N) is 3. The molecule has 2 aromatic rings. The molecule has 1 aromatic carbocycles. The van der Waals surface area contributed by atoms with Crippen LogP contribution in [0.2, 0.25) is 5.02 Å². The van der Waals surface area contributed by atoms with E-state index < -0.39 is 0 Å². The summed E-state index contributed by atoms with van der Waals surface area (Å²) in [4.78, 5) is 14.3. The first-order valence-electron chi connectivity index (χ1n) is 9.73. The Labute approximate surface area is 171 Å². The van der Waals surface area contributed by atoms with Gasteiger partial charge in [0.05, 0.1) is 30.5 Å². The Morgan fingerprint density at radius 2 is 2.18 bits per heavy atom. The minimum absolute atomic E-state index is 0.186. The smallest absolute Gasteiger partial charge is 0.223 e. The average Bonchev–Trinajstić information content (AvgIpc) is 3.04. The number of hydrogen-bond acceptors (Lipinski definition) is 4. The Morgan fingerprint density at radius 1 is 1.39 bits per heavy atom. The molecule has 1 amide bonds. The number of aryl methyl sites for hydroxylation is 1. The number of para-hydroxylation sites is 1. The largest absolute Gasteiger partial charge is 0.492 e. The first-order valence-corrected chi connectivity index (χ1v) is 10.1. The summed E-state index contributed by atoms with van der Waals surface area (Å²) in [6.07, 6.45) is 1.09. The number of carbonyl (C=O) groups is 1. The molecule has 2 heterocycles. The van der Waals surface area contributed by atoms with Crippen molar-refractivity contribution < 1.29 is 14.3 Å².